The fraction of sp³-hybridized carbons (Fsp3) is 0.364. The third-order valence-corrected chi connectivity index (χ3v) is 5.66. The van der Waals surface area contributed by atoms with Crippen LogP contribution in [-0.4, -0.2) is 29.1 Å². The average Bonchev–Trinajstić information content (AvgIpc) is 3.42. The lowest BCUT2D eigenvalue weighted by molar-refractivity contribution is 0.269. The first-order chi connectivity index (χ1) is 11.9. The Hall–Kier alpha value is -2.06. The highest BCUT2D eigenvalue weighted by Gasteiger charge is 2.27. The molecule has 0 saturated heterocycles. The van der Waals surface area contributed by atoms with Crippen molar-refractivity contribution in [3.63, 3.8) is 0 Å². The first kappa shape index (κ1) is 14.3. The largest absolute Gasteiger partial charge is 0.343 e. The van der Waals surface area contributed by atoms with E-state index in [1.807, 2.05) is 0 Å². The Morgan fingerprint density at radius 2 is 1.62 bits per heavy atom. The molecule has 2 heterocycles. The smallest absolute Gasteiger partial charge is 0.0489 e. The Labute approximate surface area is 143 Å². The molecule has 2 aromatic carbocycles. The van der Waals surface area contributed by atoms with Gasteiger partial charge in [0.05, 0.1) is 0 Å². The van der Waals surface area contributed by atoms with Crippen LogP contribution in [0.15, 0.2) is 54.6 Å². The zero-order valence-corrected chi connectivity index (χ0v) is 14.1. The first-order valence-corrected chi connectivity index (χ1v) is 9.28. The Morgan fingerprint density at radius 3 is 2.46 bits per heavy atom. The summed E-state index contributed by atoms with van der Waals surface area (Å²) in [6.07, 6.45) is 4.05. The number of rotatable bonds is 3. The van der Waals surface area contributed by atoms with Crippen LogP contribution < -0.4 is 0 Å². The molecule has 24 heavy (non-hydrogen) atoms. The molecule has 0 bridgehead atoms. The van der Waals surface area contributed by atoms with Gasteiger partial charge in [-0.25, -0.2) is 0 Å². The van der Waals surface area contributed by atoms with Crippen molar-refractivity contribution >= 4 is 10.9 Å². The Kier molecular flexibility index (Phi) is 3.45. The molecule has 1 aromatic heterocycles. The molecule has 5 rings (SSSR count). The van der Waals surface area contributed by atoms with E-state index in [1.54, 1.807) is 0 Å². The van der Waals surface area contributed by atoms with Crippen molar-refractivity contribution in [1.29, 1.82) is 0 Å². The van der Waals surface area contributed by atoms with Gasteiger partial charge in [0.15, 0.2) is 0 Å². The van der Waals surface area contributed by atoms with Gasteiger partial charge in [-0.2, -0.15) is 0 Å². The molecule has 0 N–H and O–H groups in total. The van der Waals surface area contributed by atoms with Crippen LogP contribution in [0.5, 0.6) is 0 Å². The summed E-state index contributed by atoms with van der Waals surface area (Å²) in [7, 11) is 0. The van der Waals surface area contributed by atoms with Gasteiger partial charge in [-0.15, -0.1) is 0 Å². The molecule has 1 aliphatic heterocycles. The molecule has 2 aliphatic rings. The zero-order valence-electron chi connectivity index (χ0n) is 14.1. The van der Waals surface area contributed by atoms with Gasteiger partial charge in [0.1, 0.15) is 0 Å². The molecule has 0 amide bonds. The van der Waals surface area contributed by atoms with Crippen molar-refractivity contribution in [2.45, 2.75) is 25.8 Å². The third-order valence-electron chi connectivity index (χ3n) is 5.66. The molecule has 3 aromatic rings. The topological polar surface area (TPSA) is 8.17 Å². The maximum absolute atomic E-state index is 2.69. The summed E-state index contributed by atoms with van der Waals surface area (Å²) < 4.78 is 2.59. The molecule has 1 aliphatic carbocycles. The zero-order chi connectivity index (χ0) is 15.9. The molecule has 0 atom stereocenters. The van der Waals surface area contributed by atoms with Crippen LogP contribution in [0.25, 0.3) is 22.0 Å². The number of hydrogen-bond acceptors (Lipinski definition) is 1. The number of nitrogens with zero attached hydrogens (tertiary/aromatic N) is 2. The summed E-state index contributed by atoms with van der Waals surface area (Å²) in [5, 5.41) is 1.41. The van der Waals surface area contributed by atoms with Crippen molar-refractivity contribution < 1.29 is 0 Å². The highest BCUT2D eigenvalue weighted by atomic mass is 15.2. The number of benzene rings is 2. The van der Waals surface area contributed by atoms with E-state index in [4.69, 9.17) is 0 Å². The van der Waals surface area contributed by atoms with Crippen LogP contribution in [0, 0.1) is 5.92 Å². The van der Waals surface area contributed by atoms with Crippen LogP contribution >= 0.6 is 0 Å². The van der Waals surface area contributed by atoms with Crippen molar-refractivity contribution in [1.82, 2.24) is 9.47 Å². The predicted octanol–water partition coefficient (Wildman–Crippen LogP) is 4.58. The standard InChI is InChI=1S/C22H24N2/c1-2-6-18(7-3-1)22-19-8-4-5-9-20(19)24-15-14-23(13-12-21(22)24)16-17-10-11-17/h1-9,17H,10-16H2. The van der Waals surface area contributed by atoms with E-state index in [0.717, 1.165) is 18.9 Å². The van der Waals surface area contributed by atoms with Gasteiger partial charge in [-0.1, -0.05) is 48.5 Å². The van der Waals surface area contributed by atoms with E-state index in [9.17, 15) is 0 Å². The number of fused-ring (bicyclic) bond motifs is 3. The van der Waals surface area contributed by atoms with Crippen molar-refractivity contribution in [3.05, 3.63) is 60.3 Å². The van der Waals surface area contributed by atoms with Gasteiger partial charge < -0.3 is 9.47 Å². The molecule has 0 unspecified atom stereocenters. The van der Waals surface area contributed by atoms with Crippen molar-refractivity contribution in [2.24, 2.45) is 5.92 Å². The van der Waals surface area contributed by atoms with Crippen molar-refractivity contribution in [2.75, 3.05) is 19.6 Å². The first-order valence-electron chi connectivity index (χ1n) is 9.28. The van der Waals surface area contributed by atoms with Crippen LogP contribution in [0.3, 0.4) is 0 Å². The fourth-order valence-corrected chi connectivity index (χ4v) is 4.26. The van der Waals surface area contributed by atoms with Crippen molar-refractivity contribution in [3.8, 4) is 11.1 Å². The summed E-state index contributed by atoms with van der Waals surface area (Å²) in [4.78, 5) is 2.69. The van der Waals surface area contributed by atoms with Gasteiger partial charge in [0.2, 0.25) is 0 Å². The van der Waals surface area contributed by atoms with E-state index < -0.39 is 0 Å². The monoisotopic (exact) mass is 316 g/mol. The Balaban J connectivity index is 1.61. The normalized spacial score (nSPS) is 18.5. The molecule has 122 valence electrons. The van der Waals surface area contributed by atoms with Crippen LogP contribution in [0.1, 0.15) is 18.5 Å². The third kappa shape index (κ3) is 2.46. The number of hydrogen-bond donors (Lipinski definition) is 0. The summed E-state index contributed by atoms with van der Waals surface area (Å²) in [5.41, 5.74) is 5.75. The second kappa shape index (κ2) is 5.78. The molecule has 2 heteroatoms. The fourth-order valence-electron chi connectivity index (χ4n) is 4.26. The summed E-state index contributed by atoms with van der Waals surface area (Å²) in [6, 6.07) is 19.9. The van der Waals surface area contributed by atoms with E-state index in [1.165, 1.54) is 60.2 Å². The van der Waals surface area contributed by atoms with Crippen LogP contribution in [0.2, 0.25) is 0 Å². The second-order valence-corrected chi connectivity index (χ2v) is 7.35. The SMILES string of the molecule is c1ccc(-c2c3n(c4ccccc24)CCN(CC2CC2)CC3)cc1. The summed E-state index contributed by atoms with van der Waals surface area (Å²) >= 11 is 0. The van der Waals surface area contributed by atoms with E-state index in [2.05, 4.69) is 64.1 Å². The Bertz CT molecular complexity index is 858. The minimum Gasteiger partial charge on any atom is -0.343 e. The highest BCUT2D eigenvalue weighted by Crippen LogP contribution is 2.37. The Morgan fingerprint density at radius 1 is 0.833 bits per heavy atom. The molecule has 0 radical (unpaired) electrons. The number of para-hydroxylation sites is 1. The molecule has 1 fully saturated rings. The van der Waals surface area contributed by atoms with Crippen LogP contribution in [-0.2, 0) is 13.0 Å². The summed E-state index contributed by atoms with van der Waals surface area (Å²) in [6.45, 7) is 4.82. The number of aromatic nitrogens is 1. The molecular weight excluding hydrogens is 292 g/mol. The van der Waals surface area contributed by atoms with E-state index >= 15 is 0 Å². The maximum atomic E-state index is 2.69. The van der Waals surface area contributed by atoms with Gasteiger partial charge in [0.25, 0.3) is 0 Å². The lowest BCUT2D eigenvalue weighted by Crippen LogP contribution is -2.29. The molecular formula is C22H24N2. The highest BCUT2D eigenvalue weighted by molar-refractivity contribution is 5.98. The minimum atomic E-state index is 0.979. The van der Waals surface area contributed by atoms with E-state index in [-0.39, 0.29) is 0 Å². The predicted molar refractivity (Wildman–Crippen MR) is 100 cm³/mol. The molecule has 0 spiro atoms. The second-order valence-electron chi connectivity index (χ2n) is 7.35. The van der Waals surface area contributed by atoms with Gasteiger partial charge in [0, 0.05) is 54.8 Å². The quantitative estimate of drug-likeness (QED) is 0.687. The lowest BCUT2D eigenvalue weighted by atomic mass is 10.0. The van der Waals surface area contributed by atoms with E-state index in [0.29, 0.717) is 0 Å². The molecule has 2 nitrogen and oxygen atoms in total. The molecule has 1 saturated carbocycles. The maximum Gasteiger partial charge on any atom is 0.0489 e. The minimum absolute atomic E-state index is 0.979. The average molecular weight is 316 g/mol. The van der Waals surface area contributed by atoms with Gasteiger partial charge >= 0.3 is 0 Å². The van der Waals surface area contributed by atoms with Crippen LogP contribution in [0.4, 0.5) is 0 Å². The summed E-state index contributed by atoms with van der Waals surface area (Å²) in [5.74, 6) is 0.979. The van der Waals surface area contributed by atoms with Gasteiger partial charge in [-0.3, -0.25) is 0 Å². The van der Waals surface area contributed by atoms with Gasteiger partial charge in [-0.05, 0) is 30.4 Å². The lowest BCUT2D eigenvalue weighted by Gasteiger charge is -2.19.